The molecule has 0 saturated carbocycles. The number of halogens is 1. The van der Waals surface area contributed by atoms with Crippen molar-refractivity contribution in [3.05, 3.63) is 77.4 Å². The van der Waals surface area contributed by atoms with Gasteiger partial charge in [0.25, 0.3) is 0 Å². The van der Waals surface area contributed by atoms with Crippen molar-refractivity contribution in [1.29, 1.82) is 0 Å². The summed E-state index contributed by atoms with van der Waals surface area (Å²) in [6, 6.07) is 19.3. The van der Waals surface area contributed by atoms with Crippen LogP contribution in [0, 0.1) is 0 Å². The van der Waals surface area contributed by atoms with E-state index >= 15 is 0 Å². The van der Waals surface area contributed by atoms with Crippen LogP contribution in [0.2, 0.25) is 5.02 Å². The summed E-state index contributed by atoms with van der Waals surface area (Å²) >= 11 is 6.42. The van der Waals surface area contributed by atoms with Crippen molar-refractivity contribution in [3.63, 3.8) is 0 Å². The van der Waals surface area contributed by atoms with Gasteiger partial charge < -0.3 is 4.74 Å². The van der Waals surface area contributed by atoms with Gasteiger partial charge in [-0.2, -0.15) is 0 Å². The number of hydrogen-bond donors (Lipinski definition) is 2. The first-order valence-corrected chi connectivity index (χ1v) is 9.73. The summed E-state index contributed by atoms with van der Waals surface area (Å²) in [6.45, 7) is 0. The average Bonchev–Trinajstić information content (AvgIpc) is 3.17. The molecule has 3 aromatic rings. The zero-order chi connectivity index (χ0) is 20.9. The van der Waals surface area contributed by atoms with Crippen LogP contribution >= 0.6 is 11.6 Å². The van der Waals surface area contributed by atoms with Gasteiger partial charge in [-0.1, -0.05) is 41.9 Å². The normalized spacial score (nSPS) is 15.3. The molecule has 0 radical (unpaired) electrons. The number of hydrogen-bond acceptors (Lipinski definition) is 6. The largest absolute Gasteiger partial charge is 0.497 e. The van der Waals surface area contributed by atoms with E-state index in [4.69, 9.17) is 16.3 Å². The number of aromatic nitrogens is 1. The molecule has 2 heterocycles. The SMILES string of the molecule is COc1ccc(Cl)c(-c2ccnc(N3NC(NC=O)=NC3Cc3ccccc3)c2)c1. The Kier molecular flexibility index (Phi) is 5.81. The zero-order valence-corrected chi connectivity index (χ0v) is 17.0. The Hall–Kier alpha value is -3.58. The molecule has 2 aromatic carbocycles. The van der Waals surface area contributed by atoms with Crippen molar-refractivity contribution in [2.24, 2.45) is 4.99 Å². The summed E-state index contributed by atoms with van der Waals surface area (Å²) in [5.74, 6) is 1.74. The highest BCUT2D eigenvalue weighted by atomic mass is 35.5. The smallest absolute Gasteiger partial charge is 0.219 e. The molecule has 4 rings (SSSR count). The van der Waals surface area contributed by atoms with Gasteiger partial charge in [-0.3, -0.25) is 15.5 Å². The Bertz CT molecular complexity index is 1070. The molecule has 8 heteroatoms. The van der Waals surface area contributed by atoms with E-state index in [1.165, 1.54) is 0 Å². The molecule has 1 aliphatic rings. The summed E-state index contributed by atoms with van der Waals surface area (Å²) in [6.07, 6.45) is 2.67. The van der Waals surface area contributed by atoms with Gasteiger partial charge in [0, 0.05) is 23.2 Å². The van der Waals surface area contributed by atoms with Crippen molar-refractivity contribution in [2.75, 3.05) is 12.1 Å². The Balaban J connectivity index is 1.66. The molecular formula is C22H20ClN5O2. The van der Waals surface area contributed by atoms with Gasteiger partial charge in [0.2, 0.25) is 12.4 Å². The lowest BCUT2D eigenvalue weighted by molar-refractivity contribution is -0.108. The van der Waals surface area contributed by atoms with Crippen LogP contribution in [0.15, 0.2) is 71.9 Å². The van der Waals surface area contributed by atoms with E-state index in [0.717, 1.165) is 22.4 Å². The molecule has 2 N–H and O–H groups in total. The number of rotatable bonds is 6. The number of nitrogens with zero attached hydrogens (tertiary/aromatic N) is 3. The second kappa shape index (κ2) is 8.84. The molecule has 0 aliphatic carbocycles. The van der Waals surface area contributed by atoms with Crippen LogP contribution in [0.4, 0.5) is 5.82 Å². The van der Waals surface area contributed by atoms with E-state index in [2.05, 4.69) is 20.7 Å². The number of anilines is 1. The van der Waals surface area contributed by atoms with E-state index in [-0.39, 0.29) is 6.17 Å². The summed E-state index contributed by atoms with van der Waals surface area (Å²) < 4.78 is 5.33. The van der Waals surface area contributed by atoms with Crippen molar-refractivity contribution in [2.45, 2.75) is 12.6 Å². The van der Waals surface area contributed by atoms with Gasteiger partial charge in [-0.15, -0.1) is 0 Å². The average molecular weight is 422 g/mol. The van der Waals surface area contributed by atoms with Gasteiger partial charge in [-0.25, -0.2) is 15.0 Å². The van der Waals surface area contributed by atoms with E-state index in [9.17, 15) is 4.79 Å². The molecule has 30 heavy (non-hydrogen) atoms. The minimum Gasteiger partial charge on any atom is -0.497 e. The minimum absolute atomic E-state index is 0.279. The molecule has 1 aliphatic heterocycles. The third-order valence-corrected chi connectivity index (χ3v) is 5.07. The highest BCUT2D eigenvalue weighted by Gasteiger charge is 2.28. The molecule has 7 nitrogen and oxygen atoms in total. The summed E-state index contributed by atoms with van der Waals surface area (Å²) in [5, 5.41) is 5.03. The molecule has 1 amide bonds. The van der Waals surface area contributed by atoms with Crippen molar-refractivity contribution < 1.29 is 9.53 Å². The molecule has 0 bridgehead atoms. The van der Waals surface area contributed by atoms with Gasteiger partial charge >= 0.3 is 0 Å². The van der Waals surface area contributed by atoms with Crippen LogP contribution in [-0.4, -0.2) is 30.6 Å². The lowest BCUT2D eigenvalue weighted by atomic mass is 10.1. The van der Waals surface area contributed by atoms with Crippen LogP contribution in [0.25, 0.3) is 11.1 Å². The number of ether oxygens (including phenoxy) is 1. The first-order chi connectivity index (χ1) is 14.7. The number of pyridine rings is 1. The number of methoxy groups -OCH3 is 1. The third kappa shape index (κ3) is 4.21. The number of nitrogens with one attached hydrogen (secondary N) is 2. The molecule has 0 fully saturated rings. The number of hydrazine groups is 1. The Morgan fingerprint density at radius 1 is 1.20 bits per heavy atom. The fraction of sp³-hybridized carbons (Fsp3) is 0.136. The van der Waals surface area contributed by atoms with Crippen molar-refractivity contribution in [1.82, 2.24) is 15.7 Å². The monoisotopic (exact) mass is 421 g/mol. The van der Waals surface area contributed by atoms with Crippen molar-refractivity contribution in [3.8, 4) is 16.9 Å². The number of carbonyl (C=O) groups excluding carboxylic acids is 1. The van der Waals surface area contributed by atoms with Gasteiger partial charge in [-0.05, 0) is 41.5 Å². The van der Waals surface area contributed by atoms with Gasteiger partial charge in [0.1, 0.15) is 17.7 Å². The zero-order valence-electron chi connectivity index (χ0n) is 16.2. The quantitative estimate of drug-likeness (QED) is 0.596. The fourth-order valence-electron chi connectivity index (χ4n) is 3.29. The molecule has 0 spiro atoms. The summed E-state index contributed by atoms with van der Waals surface area (Å²) in [5.41, 5.74) is 5.97. The highest BCUT2D eigenvalue weighted by Crippen LogP contribution is 2.33. The summed E-state index contributed by atoms with van der Waals surface area (Å²) in [7, 11) is 1.62. The lowest BCUT2D eigenvalue weighted by Gasteiger charge is -2.24. The number of guanidine groups is 1. The predicted octanol–water partition coefficient (Wildman–Crippen LogP) is 3.41. The number of benzene rings is 2. The maximum Gasteiger partial charge on any atom is 0.219 e. The Morgan fingerprint density at radius 2 is 2.03 bits per heavy atom. The molecule has 152 valence electrons. The maximum absolute atomic E-state index is 10.9. The standard InChI is InChI=1S/C22H20ClN5O2/c1-30-17-7-8-19(23)18(13-17)16-9-10-24-20(12-16)28-21(26-22(27-28)25-14-29)11-15-5-3-2-4-6-15/h2-10,12-14,21H,11H2,1H3,(H2,25,26,27,29). The van der Waals surface area contributed by atoms with E-state index in [0.29, 0.717) is 29.6 Å². The lowest BCUT2D eigenvalue weighted by Crippen LogP contribution is -2.46. The second-order valence-electron chi connectivity index (χ2n) is 6.64. The summed E-state index contributed by atoms with van der Waals surface area (Å²) in [4.78, 5) is 20.0. The molecule has 0 saturated heterocycles. The van der Waals surface area contributed by atoms with E-state index < -0.39 is 0 Å². The highest BCUT2D eigenvalue weighted by molar-refractivity contribution is 6.33. The minimum atomic E-state index is -0.279. The topological polar surface area (TPSA) is 78.9 Å². The Labute approximate surface area is 179 Å². The van der Waals surface area contributed by atoms with Crippen LogP contribution in [-0.2, 0) is 11.2 Å². The van der Waals surface area contributed by atoms with Crippen LogP contribution in [0.5, 0.6) is 5.75 Å². The molecule has 1 aromatic heterocycles. The van der Waals surface area contributed by atoms with E-state index in [1.54, 1.807) is 19.4 Å². The predicted molar refractivity (Wildman–Crippen MR) is 117 cm³/mol. The van der Waals surface area contributed by atoms with Crippen LogP contribution in [0.1, 0.15) is 5.56 Å². The van der Waals surface area contributed by atoms with Gasteiger partial charge in [0.05, 0.1) is 7.11 Å². The second-order valence-corrected chi connectivity index (χ2v) is 7.05. The number of carbonyl (C=O) groups is 1. The third-order valence-electron chi connectivity index (χ3n) is 4.74. The number of aliphatic imine (C=N–C) groups is 1. The van der Waals surface area contributed by atoms with Gasteiger partial charge in [0.15, 0.2) is 0 Å². The van der Waals surface area contributed by atoms with Crippen LogP contribution in [0.3, 0.4) is 0 Å². The molecular weight excluding hydrogens is 402 g/mol. The first-order valence-electron chi connectivity index (χ1n) is 9.35. The number of amides is 1. The molecule has 1 unspecified atom stereocenters. The maximum atomic E-state index is 10.9. The van der Waals surface area contributed by atoms with Crippen LogP contribution < -0.4 is 20.5 Å². The molecule has 1 atom stereocenters. The van der Waals surface area contributed by atoms with Crippen molar-refractivity contribution >= 4 is 29.8 Å². The fourth-order valence-corrected chi connectivity index (χ4v) is 3.52. The van der Waals surface area contributed by atoms with E-state index in [1.807, 2.05) is 59.6 Å². The first kappa shape index (κ1) is 19.7. The Morgan fingerprint density at radius 3 is 2.80 bits per heavy atom.